The zero-order valence-electron chi connectivity index (χ0n) is 7.25. The van der Waals surface area contributed by atoms with Crippen LogP contribution in [-0.4, -0.2) is 15.0 Å². The van der Waals surface area contributed by atoms with Crippen molar-refractivity contribution < 1.29 is 0 Å². The normalized spacial score (nSPS) is 10.3. The van der Waals surface area contributed by atoms with Crippen LogP contribution >= 0.6 is 23.1 Å². The summed E-state index contributed by atoms with van der Waals surface area (Å²) < 4.78 is 0. The first-order chi connectivity index (χ1) is 6.84. The first-order valence-corrected chi connectivity index (χ1v) is 5.80. The molecule has 72 valence electrons. The Kier molecular flexibility index (Phi) is 2.95. The maximum atomic E-state index is 5.52. The van der Waals surface area contributed by atoms with E-state index in [2.05, 4.69) is 15.0 Å². The van der Waals surface area contributed by atoms with Gasteiger partial charge in [0.15, 0.2) is 5.13 Å². The summed E-state index contributed by atoms with van der Waals surface area (Å²) in [6.07, 6.45) is 3.27. The maximum absolute atomic E-state index is 5.52. The van der Waals surface area contributed by atoms with Gasteiger partial charge in [0.25, 0.3) is 0 Å². The van der Waals surface area contributed by atoms with Crippen LogP contribution in [0.25, 0.3) is 0 Å². The average Bonchev–Trinajstić information content (AvgIpc) is 2.63. The van der Waals surface area contributed by atoms with Gasteiger partial charge in [-0.05, 0) is 6.07 Å². The van der Waals surface area contributed by atoms with Crippen LogP contribution in [0.3, 0.4) is 0 Å². The summed E-state index contributed by atoms with van der Waals surface area (Å²) in [5.41, 5.74) is 6.52. The zero-order chi connectivity index (χ0) is 9.80. The zero-order valence-corrected chi connectivity index (χ0v) is 8.88. The van der Waals surface area contributed by atoms with E-state index < -0.39 is 0 Å². The van der Waals surface area contributed by atoms with E-state index >= 15 is 0 Å². The molecule has 0 fully saturated rings. The van der Waals surface area contributed by atoms with Gasteiger partial charge >= 0.3 is 0 Å². The molecule has 0 aliphatic heterocycles. The SMILES string of the molecule is Nc1nc(CSc2ccncn2)cs1. The molecule has 6 heteroatoms. The number of nitrogens with zero attached hydrogens (tertiary/aromatic N) is 3. The van der Waals surface area contributed by atoms with E-state index in [9.17, 15) is 0 Å². The minimum Gasteiger partial charge on any atom is -0.375 e. The minimum absolute atomic E-state index is 0.614. The fourth-order valence-corrected chi connectivity index (χ4v) is 2.29. The lowest BCUT2D eigenvalue weighted by molar-refractivity contribution is 1.04. The van der Waals surface area contributed by atoms with E-state index in [4.69, 9.17) is 5.73 Å². The third kappa shape index (κ3) is 2.43. The van der Waals surface area contributed by atoms with Crippen LogP contribution in [0.5, 0.6) is 0 Å². The van der Waals surface area contributed by atoms with Gasteiger partial charge < -0.3 is 5.73 Å². The highest BCUT2D eigenvalue weighted by atomic mass is 32.2. The van der Waals surface area contributed by atoms with Crippen LogP contribution < -0.4 is 5.73 Å². The van der Waals surface area contributed by atoms with Crippen molar-refractivity contribution in [1.82, 2.24) is 15.0 Å². The number of nitrogens with two attached hydrogens (primary N) is 1. The summed E-state index contributed by atoms with van der Waals surface area (Å²) in [6.45, 7) is 0. The fourth-order valence-electron chi connectivity index (χ4n) is 0.901. The third-order valence-electron chi connectivity index (χ3n) is 1.49. The van der Waals surface area contributed by atoms with Crippen molar-refractivity contribution >= 4 is 28.2 Å². The maximum Gasteiger partial charge on any atom is 0.180 e. The van der Waals surface area contributed by atoms with Crippen LogP contribution in [0.1, 0.15) is 5.69 Å². The second-order valence-corrected chi connectivity index (χ2v) is 4.40. The third-order valence-corrected chi connectivity index (χ3v) is 3.19. The van der Waals surface area contributed by atoms with Gasteiger partial charge in [0.2, 0.25) is 0 Å². The average molecular weight is 224 g/mol. The summed E-state index contributed by atoms with van der Waals surface area (Å²) >= 11 is 3.08. The van der Waals surface area contributed by atoms with Crippen molar-refractivity contribution in [2.24, 2.45) is 0 Å². The molecule has 2 aromatic rings. The minimum atomic E-state index is 0.614. The molecule has 2 aromatic heterocycles. The Balaban J connectivity index is 1.95. The lowest BCUT2D eigenvalue weighted by atomic mass is 10.6. The monoisotopic (exact) mass is 224 g/mol. The van der Waals surface area contributed by atoms with Gasteiger partial charge in [-0.1, -0.05) is 11.8 Å². The largest absolute Gasteiger partial charge is 0.375 e. The lowest BCUT2D eigenvalue weighted by Crippen LogP contribution is -1.86. The molecule has 2 N–H and O–H groups in total. The summed E-state index contributed by atoms with van der Waals surface area (Å²) in [5, 5.41) is 3.53. The van der Waals surface area contributed by atoms with Gasteiger partial charge in [0.05, 0.1) is 10.7 Å². The van der Waals surface area contributed by atoms with E-state index in [1.54, 1.807) is 18.0 Å². The molecule has 0 aliphatic rings. The Morgan fingerprint density at radius 3 is 3.07 bits per heavy atom. The Bertz CT molecular complexity index is 401. The van der Waals surface area contributed by atoms with E-state index in [0.717, 1.165) is 16.5 Å². The summed E-state index contributed by atoms with van der Waals surface area (Å²) in [7, 11) is 0. The number of hydrogen-bond donors (Lipinski definition) is 1. The smallest absolute Gasteiger partial charge is 0.180 e. The number of anilines is 1. The van der Waals surface area contributed by atoms with Crippen molar-refractivity contribution in [1.29, 1.82) is 0 Å². The Hall–Kier alpha value is -1.14. The molecule has 0 saturated carbocycles. The molecule has 0 saturated heterocycles. The van der Waals surface area contributed by atoms with Crippen molar-refractivity contribution in [2.75, 3.05) is 5.73 Å². The lowest BCUT2D eigenvalue weighted by Gasteiger charge is -1.95. The molecular formula is C8H8N4S2. The van der Waals surface area contributed by atoms with Crippen LogP contribution in [0, 0.1) is 0 Å². The highest BCUT2D eigenvalue weighted by Crippen LogP contribution is 2.21. The molecule has 14 heavy (non-hydrogen) atoms. The molecule has 4 nitrogen and oxygen atoms in total. The number of aromatic nitrogens is 3. The molecule has 0 atom stereocenters. The van der Waals surface area contributed by atoms with E-state index in [1.807, 2.05) is 11.4 Å². The predicted molar refractivity (Wildman–Crippen MR) is 58.1 cm³/mol. The molecule has 0 unspecified atom stereocenters. The van der Waals surface area contributed by atoms with Crippen molar-refractivity contribution in [2.45, 2.75) is 10.8 Å². The van der Waals surface area contributed by atoms with Gasteiger partial charge in [-0.25, -0.2) is 15.0 Å². The van der Waals surface area contributed by atoms with E-state index in [0.29, 0.717) is 5.13 Å². The van der Waals surface area contributed by atoms with Crippen LogP contribution in [0.4, 0.5) is 5.13 Å². The molecule has 2 heterocycles. The summed E-state index contributed by atoms with van der Waals surface area (Å²) in [6, 6.07) is 1.88. The van der Waals surface area contributed by atoms with E-state index in [1.165, 1.54) is 17.7 Å². The molecule has 0 spiro atoms. The van der Waals surface area contributed by atoms with Gasteiger partial charge in [-0.15, -0.1) is 11.3 Å². The Morgan fingerprint density at radius 1 is 1.50 bits per heavy atom. The number of nitrogen functional groups attached to an aromatic ring is 1. The molecule has 2 rings (SSSR count). The first-order valence-electron chi connectivity index (χ1n) is 3.93. The standard InChI is InChI=1S/C8H8N4S2/c9-8-12-6(4-14-8)3-13-7-1-2-10-5-11-7/h1-2,4-5H,3H2,(H2,9,12). The van der Waals surface area contributed by atoms with Crippen molar-refractivity contribution in [3.8, 4) is 0 Å². The highest BCUT2D eigenvalue weighted by molar-refractivity contribution is 7.98. The summed E-state index contributed by atoms with van der Waals surface area (Å²) in [5.74, 6) is 0.796. The molecule has 0 bridgehead atoms. The van der Waals surface area contributed by atoms with Crippen molar-refractivity contribution in [3.63, 3.8) is 0 Å². The Morgan fingerprint density at radius 2 is 2.43 bits per heavy atom. The second kappa shape index (κ2) is 4.39. The second-order valence-electron chi connectivity index (χ2n) is 2.51. The van der Waals surface area contributed by atoms with Gasteiger partial charge in [0.1, 0.15) is 6.33 Å². The van der Waals surface area contributed by atoms with Gasteiger partial charge in [-0.3, -0.25) is 0 Å². The highest BCUT2D eigenvalue weighted by Gasteiger charge is 2.00. The quantitative estimate of drug-likeness (QED) is 0.636. The van der Waals surface area contributed by atoms with Crippen LogP contribution in [-0.2, 0) is 5.75 Å². The molecule has 0 aliphatic carbocycles. The van der Waals surface area contributed by atoms with Gasteiger partial charge in [-0.2, -0.15) is 0 Å². The topological polar surface area (TPSA) is 64.7 Å². The molecule has 0 amide bonds. The fraction of sp³-hybridized carbons (Fsp3) is 0.125. The van der Waals surface area contributed by atoms with Crippen LogP contribution in [0.2, 0.25) is 0 Å². The van der Waals surface area contributed by atoms with E-state index in [-0.39, 0.29) is 0 Å². The predicted octanol–water partition coefficient (Wildman–Crippen LogP) is 1.81. The van der Waals surface area contributed by atoms with Gasteiger partial charge in [0, 0.05) is 17.3 Å². The number of thiazole rings is 1. The first kappa shape index (κ1) is 9.42. The Labute approximate surface area is 89.6 Å². The number of hydrogen-bond acceptors (Lipinski definition) is 6. The number of thioether (sulfide) groups is 1. The molecular weight excluding hydrogens is 216 g/mol. The van der Waals surface area contributed by atoms with Crippen molar-refractivity contribution in [3.05, 3.63) is 29.7 Å². The summed E-state index contributed by atoms with van der Waals surface area (Å²) in [4.78, 5) is 12.1. The van der Waals surface area contributed by atoms with Crippen LogP contribution in [0.15, 0.2) is 29.0 Å². The molecule has 0 aromatic carbocycles. The number of rotatable bonds is 3. The molecule has 0 radical (unpaired) electrons.